The van der Waals surface area contributed by atoms with E-state index in [2.05, 4.69) is 19.1 Å². The third-order valence-corrected chi connectivity index (χ3v) is 2.83. The number of aldehydes is 1. The van der Waals surface area contributed by atoms with Crippen molar-refractivity contribution in [3.63, 3.8) is 0 Å². The van der Waals surface area contributed by atoms with Crippen LogP contribution in [-0.4, -0.2) is 6.29 Å². The molecule has 0 aliphatic heterocycles. The molecule has 0 amide bonds. The summed E-state index contributed by atoms with van der Waals surface area (Å²) in [6.07, 6.45) is 5.13. The average molecular weight is 194 g/mol. The maximum atomic E-state index is 10.4. The monoisotopic (exact) mass is 194 g/mol. The Morgan fingerprint density at radius 1 is 1.54 bits per heavy atom. The summed E-state index contributed by atoms with van der Waals surface area (Å²) in [5.41, 5.74) is 0.782. The second-order valence-corrected chi connectivity index (χ2v) is 4.26. The second-order valence-electron chi connectivity index (χ2n) is 3.06. The third-order valence-electron chi connectivity index (χ3n) is 1.73. The molecule has 1 aromatic heterocycles. The molecule has 0 atom stereocenters. The first-order valence-electron chi connectivity index (χ1n) is 4.48. The number of hydrogen-bond acceptors (Lipinski definition) is 2. The van der Waals surface area contributed by atoms with Gasteiger partial charge in [-0.2, -0.15) is 0 Å². The summed E-state index contributed by atoms with van der Waals surface area (Å²) in [7, 11) is 0. The number of hydrogen-bond donors (Lipinski definition) is 0. The SMILES string of the molecule is CCCc1ccc(/C=C(\C)C=O)s1. The van der Waals surface area contributed by atoms with Crippen LogP contribution in [0.3, 0.4) is 0 Å². The number of carbonyl (C=O) groups excluding carboxylic acids is 1. The van der Waals surface area contributed by atoms with E-state index in [1.54, 1.807) is 11.3 Å². The predicted octanol–water partition coefficient (Wildman–Crippen LogP) is 3.30. The highest BCUT2D eigenvalue weighted by atomic mass is 32.1. The molecule has 0 spiro atoms. The van der Waals surface area contributed by atoms with Crippen LogP contribution in [0.5, 0.6) is 0 Å². The van der Waals surface area contributed by atoms with Gasteiger partial charge in [0.05, 0.1) is 0 Å². The molecule has 1 heterocycles. The maximum absolute atomic E-state index is 10.4. The van der Waals surface area contributed by atoms with Gasteiger partial charge in [-0.3, -0.25) is 4.79 Å². The third kappa shape index (κ3) is 3.15. The lowest BCUT2D eigenvalue weighted by atomic mass is 10.2. The molecule has 0 radical (unpaired) electrons. The van der Waals surface area contributed by atoms with Crippen LogP contribution in [0, 0.1) is 0 Å². The molecular formula is C11H14OS. The van der Waals surface area contributed by atoms with E-state index in [-0.39, 0.29) is 0 Å². The van der Waals surface area contributed by atoms with Gasteiger partial charge in [0.15, 0.2) is 0 Å². The molecule has 1 aromatic rings. The molecule has 0 N–H and O–H groups in total. The van der Waals surface area contributed by atoms with Gasteiger partial charge in [0, 0.05) is 9.75 Å². The molecule has 1 nitrogen and oxygen atoms in total. The Labute approximate surface area is 83.1 Å². The molecule has 0 aliphatic rings. The minimum Gasteiger partial charge on any atom is -0.298 e. The Morgan fingerprint density at radius 2 is 2.31 bits per heavy atom. The standard InChI is InChI=1S/C11H14OS/c1-3-4-10-5-6-11(13-10)7-9(2)8-12/h5-8H,3-4H2,1-2H3/b9-7+. The van der Waals surface area contributed by atoms with Crippen LogP contribution in [0.25, 0.3) is 6.08 Å². The maximum Gasteiger partial charge on any atom is 0.145 e. The van der Waals surface area contributed by atoms with E-state index in [0.29, 0.717) is 0 Å². The Morgan fingerprint density at radius 3 is 2.92 bits per heavy atom. The summed E-state index contributed by atoms with van der Waals surface area (Å²) in [5.74, 6) is 0. The van der Waals surface area contributed by atoms with Crippen molar-refractivity contribution >= 4 is 23.7 Å². The zero-order valence-corrected chi connectivity index (χ0v) is 8.86. The summed E-state index contributed by atoms with van der Waals surface area (Å²) in [4.78, 5) is 12.9. The summed E-state index contributed by atoms with van der Waals surface area (Å²) >= 11 is 1.77. The number of carbonyl (C=O) groups is 1. The van der Waals surface area contributed by atoms with E-state index in [9.17, 15) is 4.79 Å². The molecule has 0 fully saturated rings. The van der Waals surface area contributed by atoms with E-state index in [4.69, 9.17) is 0 Å². The lowest BCUT2D eigenvalue weighted by Crippen LogP contribution is -1.73. The molecule has 0 saturated carbocycles. The molecule has 0 bridgehead atoms. The van der Waals surface area contributed by atoms with Crippen LogP contribution < -0.4 is 0 Å². The highest BCUT2D eigenvalue weighted by Gasteiger charge is 1.96. The fraction of sp³-hybridized carbons (Fsp3) is 0.364. The van der Waals surface area contributed by atoms with Crippen molar-refractivity contribution in [2.24, 2.45) is 0 Å². The van der Waals surface area contributed by atoms with Crippen molar-refractivity contribution in [3.8, 4) is 0 Å². The smallest absolute Gasteiger partial charge is 0.145 e. The first-order valence-corrected chi connectivity index (χ1v) is 5.30. The number of rotatable bonds is 4. The average Bonchev–Trinajstić information content (AvgIpc) is 2.53. The van der Waals surface area contributed by atoms with Gasteiger partial charge in [-0.25, -0.2) is 0 Å². The van der Waals surface area contributed by atoms with Gasteiger partial charge >= 0.3 is 0 Å². The number of aryl methyl sites for hydroxylation is 1. The topological polar surface area (TPSA) is 17.1 Å². The van der Waals surface area contributed by atoms with Crippen LogP contribution in [-0.2, 0) is 11.2 Å². The van der Waals surface area contributed by atoms with Crippen molar-refractivity contribution in [2.45, 2.75) is 26.7 Å². The minimum absolute atomic E-state index is 0.782. The Kier molecular flexibility index (Phi) is 3.90. The first-order chi connectivity index (χ1) is 6.26. The molecule has 0 aromatic carbocycles. The normalized spacial score (nSPS) is 11.7. The molecule has 0 saturated heterocycles. The van der Waals surface area contributed by atoms with Gasteiger partial charge in [0.1, 0.15) is 6.29 Å². The van der Waals surface area contributed by atoms with Crippen molar-refractivity contribution in [1.29, 1.82) is 0 Å². The summed E-state index contributed by atoms with van der Waals surface area (Å²) in [6, 6.07) is 4.21. The van der Waals surface area contributed by atoms with Crippen LogP contribution >= 0.6 is 11.3 Å². The number of thiophene rings is 1. The largest absolute Gasteiger partial charge is 0.298 e. The molecule has 70 valence electrons. The van der Waals surface area contributed by atoms with Crippen molar-refractivity contribution < 1.29 is 4.79 Å². The summed E-state index contributed by atoms with van der Waals surface area (Å²) in [6.45, 7) is 4.00. The second kappa shape index (κ2) is 4.97. The van der Waals surface area contributed by atoms with E-state index >= 15 is 0 Å². The fourth-order valence-corrected chi connectivity index (χ4v) is 2.24. The summed E-state index contributed by atoms with van der Waals surface area (Å²) in [5, 5.41) is 0. The van der Waals surface area contributed by atoms with Gasteiger partial charge in [0.2, 0.25) is 0 Å². The minimum atomic E-state index is 0.782. The van der Waals surface area contributed by atoms with Gasteiger partial charge < -0.3 is 0 Å². The molecule has 2 heteroatoms. The zero-order chi connectivity index (χ0) is 9.68. The van der Waals surface area contributed by atoms with E-state index in [1.807, 2.05) is 13.0 Å². The van der Waals surface area contributed by atoms with E-state index in [0.717, 1.165) is 18.3 Å². The summed E-state index contributed by atoms with van der Waals surface area (Å²) < 4.78 is 0. The molecular weight excluding hydrogens is 180 g/mol. The number of allylic oxidation sites excluding steroid dienone is 1. The van der Waals surface area contributed by atoms with Gasteiger partial charge in [-0.15, -0.1) is 11.3 Å². The van der Waals surface area contributed by atoms with Gasteiger partial charge in [0.25, 0.3) is 0 Å². The highest BCUT2D eigenvalue weighted by molar-refractivity contribution is 7.12. The Balaban J connectivity index is 2.74. The molecule has 0 unspecified atom stereocenters. The molecule has 0 aliphatic carbocycles. The van der Waals surface area contributed by atoms with Gasteiger partial charge in [-0.05, 0) is 37.1 Å². The van der Waals surface area contributed by atoms with Crippen LogP contribution in [0.4, 0.5) is 0 Å². The van der Waals surface area contributed by atoms with Crippen LogP contribution in [0.2, 0.25) is 0 Å². The lowest BCUT2D eigenvalue weighted by molar-refractivity contribution is -0.104. The van der Waals surface area contributed by atoms with Crippen molar-refractivity contribution in [1.82, 2.24) is 0 Å². The highest BCUT2D eigenvalue weighted by Crippen LogP contribution is 2.20. The molecule has 13 heavy (non-hydrogen) atoms. The van der Waals surface area contributed by atoms with E-state index in [1.165, 1.54) is 16.2 Å². The molecule has 1 rings (SSSR count). The van der Waals surface area contributed by atoms with Crippen molar-refractivity contribution in [2.75, 3.05) is 0 Å². The predicted molar refractivity (Wildman–Crippen MR) is 58.0 cm³/mol. The Bertz CT molecular complexity index is 310. The van der Waals surface area contributed by atoms with E-state index < -0.39 is 0 Å². The zero-order valence-electron chi connectivity index (χ0n) is 8.04. The lowest BCUT2D eigenvalue weighted by Gasteiger charge is -1.88. The van der Waals surface area contributed by atoms with Crippen LogP contribution in [0.15, 0.2) is 17.7 Å². The quantitative estimate of drug-likeness (QED) is 0.531. The fourth-order valence-electron chi connectivity index (χ4n) is 1.11. The first kappa shape index (κ1) is 10.2. The Hall–Kier alpha value is -0.890. The van der Waals surface area contributed by atoms with Crippen molar-refractivity contribution in [3.05, 3.63) is 27.5 Å². The van der Waals surface area contributed by atoms with Gasteiger partial charge in [-0.1, -0.05) is 13.3 Å². The van der Waals surface area contributed by atoms with Crippen LogP contribution in [0.1, 0.15) is 30.0 Å².